The fourth-order valence-corrected chi connectivity index (χ4v) is 4.45. The molecule has 0 aliphatic carbocycles. The normalized spacial score (nSPS) is 15.8. The van der Waals surface area contributed by atoms with Crippen molar-refractivity contribution in [1.29, 1.82) is 0 Å². The summed E-state index contributed by atoms with van der Waals surface area (Å²) in [5.41, 5.74) is 1.22. The molecule has 2 N–H and O–H groups in total. The van der Waals surface area contributed by atoms with Crippen LogP contribution < -0.4 is 33.2 Å². The number of ether oxygens (including phenoxy) is 8. The Labute approximate surface area is 225 Å². The lowest BCUT2D eigenvalue weighted by molar-refractivity contribution is -0.0189. The van der Waals surface area contributed by atoms with Gasteiger partial charge in [0.25, 0.3) is 0 Å². The molecule has 0 saturated carbocycles. The molecule has 0 amide bonds. The quantitative estimate of drug-likeness (QED) is 0.380. The minimum Gasteiger partial charge on any atom is -0.504 e. The fourth-order valence-electron chi connectivity index (χ4n) is 4.45. The molecule has 3 aromatic carbocycles. The summed E-state index contributed by atoms with van der Waals surface area (Å²) in [6, 6.07) is 9.21. The molecule has 0 spiro atoms. The highest BCUT2D eigenvalue weighted by Gasteiger charge is 2.38. The molecule has 208 valence electrons. The fraction of sp³-hybridized carbons (Fsp3) is 0.321. The van der Waals surface area contributed by atoms with Crippen LogP contribution in [0.25, 0.3) is 0 Å². The number of aromatic hydroxyl groups is 2. The number of fused-ring (bicyclic) bond motifs is 1. The first kappa shape index (κ1) is 27.4. The molecule has 4 rings (SSSR count). The van der Waals surface area contributed by atoms with Gasteiger partial charge in [-0.05, 0) is 24.3 Å². The van der Waals surface area contributed by atoms with Gasteiger partial charge in [-0.15, -0.1) is 0 Å². The molecule has 2 unspecified atom stereocenters. The third kappa shape index (κ3) is 5.20. The summed E-state index contributed by atoms with van der Waals surface area (Å²) in [5.74, 6) is 0.822. The van der Waals surface area contributed by atoms with Crippen molar-refractivity contribution in [2.75, 3.05) is 42.7 Å². The van der Waals surface area contributed by atoms with Gasteiger partial charge in [0.05, 0.1) is 48.2 Å². The zero-order valence-electron chi connectivity index (χ0n) is 22.4. The lowest BCUT2D eigenvalue weighted by Gasteiger charge is -2.34. The monoisotopic (exact) mass is 542 g/mol. The predicted molar refractivity (Wildman–Crippen MR) is 138 cm³/mol. The van der Waals surface area contributed by atoms with Crippen LogP contribution in [-0.4, -0.2) is 64.9 Å². The van der Waals surface area contributed by atoms with E-state index in [1.54, 1.807) is 24.3 Å². The van der Waals surface area contributed by atoms with Crippen molar-refractivity contribution in [2.45, 2.75) is 18.6 Å². The Morgan fingerprint density at radius 3 is 1.97 bits per heavy atom. The van der Waals surface area contributed by atoms with Crippen molar-refractivity contribution in [3.63, 3.8) is 0 Å². The molecule has 1 aliphatic heterocycles. The summed E-state index contributed by atoms with van der Waals surface area (Å²) in [4.78, 5) is 13.4. The number of esters is 1. The summed E-state index contributed by atoms with van der Waals surface area (Å²) >= 11 is 0. The van der Waals surface area contributed by atoms with E-state index in [4.69, 9.17) is 37.9 Å². The van der Waals surface area contributed by atoms with Crippen molar-refractivity contribution in [3.8, 4) is 51.7 Å². The van der Waals surface area contributed by atoms with Crippen LogP contribution in [0.5, 0.6) is 51.7 Å². The van der Waals surface area contributed by atoms with Gasteiger partial charge in [0.1, 0.15) is 23.4 Å². The number of carbonyl (C=O) groups excluding carboxylic acids is 1. The zero-order valence-corrected chi connectivity index (χ0v) is 22.4. The minimum absolute atomic E-state index is 0.0391. The number of phenolic OH excluding ortho intramolecular Hbond substituents is 2. The van der Waals surface area contributed by atoms with Crippen molar-refractivity contribution < 1.29 is 52.9 Å². The molecular formula is C28H30O11. The van der Waals surface area contributed by atoms with Gasteiger partial charge >= 0.3 is 5.97 Å². The number of benzene rings is 3. The van der Waals surface area contributed by atoms with Gasteiger partial charge in [0.15, 0.2) is 29.1 Å². The van der Waals surface area contributed by atoms with Crippen molar-refractivity contribution in [1.82, 2.24) is 0 Å². The average molecular weight is 543 g/mol. The highest BCUT2D eigenvalue weighted by Crippen LogP contribution is 2.47. The van der Waals surface area contributed by atoms with Gasteiger partial charge in [0.2, 0.25) is 11.5 Å². The van der Waals surface area contributed by atoms with E-state index in [1.807, 2.05) is 0 Å². The zero-order chi connectivity index (χ0) is 28.3. The molecule has 0 bridgehead atoms. The van der Waals surface area contributed by atoms with E-state index < -0.39 is 18.2 Å². The van der Waals surface area contributed by atoms with Crippen LogP contribution in [-0.2, 0) is 11.2 Å². The first-order valence-corrected chi connectivity index (χ1v) is 11.8. The van der Waals surface area contributed by atoms with Crippen LogP contribution >= 0.6 is 0 Å². The van der Waals surface area contributed by atoms with Crippen LogP contribution in [0, 0.1) is 0 Å². The van der Waals surface area contributed by atoms with Gasteiger partial charge in [-0.25, -0.2) is 4.79 Å². The summed E-state index contributed by atoms with van der Waals surface area (Å²) in [5, 5.41) is 20.8. The van der Waals surface area contributed by atoms with Gasteiger partial charge in [-0.2, -0.15) is 0 Å². The van der Waals surface area contributed by atoms with E-state index in [1.165, 1.54) is 54.8 Å². The third-order valence-electron chi connectivity index (χ3n) is 6.38. The second-order valence-electron chi connectivity index (χ2n) is 8.50. The standard InChI is InChI=1S/C28H30O11/c1-32-16-11-19(33-2)17-13-24(39-28(31)15-7-18(29)27(37-6)23(10-15)36-5)26(38-20(17)12-16)14-8-21(34-3)25(30)22(9-14)35-4/h7-12,24,26,29-30H,13H2,1-6H3. The van der Waals surface area contributed by atoms with E-state index in [9.17, 15) is 15.0 Å². The van der Waals surface area contributed by atoms with E-state index in [2.05, 4.69) is 0 Å². The highest BCUT2D eigenvalue weighted by atomic mass is 16.6. The van der Waals surface area contributed by atoms with Crippen LogP contribution in [0.2, 0.25) is 0 Å². The van der Waals surface area contributed by atoms with Crippen LogP contribution in [0.4, 0.5) is 0 Å². The molecule has 0 saturated heterocycles. The van der Waals surface area contributed by atoms with E-state index in [0.29, 0.717) is 28.4 Å². The molecule has 0 aromatic heterocycles. The Kier molecular flexibility index (Phi) is 7.99. The lowest BCUT2D eigenvalue weighted by Crippen LogP contribution is -2.35. The first-order valence-electron chi connectivity index (χ1n) is 11.8. The lowest BCUT2D eigenvalue weighted by atomic mass is 9.93. The maximum atomic E-state index is 13.4. The summed E-state index contributed by atoms with van der Waals surface area (Å²) in [7, 11) is 8.63. The number of hydrogen-bond acceptors (Lipinski definition) is 11. The number of phenols is 2. The predicted octanol–water partition coefficient (Wildman–Crippen LogP) is 4.05. The molecule has 0 radical (unpaired) electrons. The SMILES string of the molecule is COc1cc(OC)c2c(c1)OC(c1cc(OC)c(O)c(OC)c1)C(OC(=O)c1cc(O)c(OC)c(OC)c1)C2. The molecule has 3 aromatic rings. The third-order valence-corrected chi connectivity index (χ3v) is 6.38. The maximum absolute atomic E-state index is 13.4. The second-order valence-corrected chi connectivity index (χ2v) is 8.50. The number of carbonyl (C=O) groups is 1. The average Bonchev–Trinajstić information content (AvgIpc) is 2.95. The smallest absolute Gasteiger partial charge is 0.338 e. The van der Waals surface area contributed by atoms with Gasteiger partial charge < -0.3 is 48.1 Å². The van der Waals surface area contributed by atoms with Gasteiger partial charge in [0, 0.05) is 29.7 Å². The summed E-state index contributed by atoms with van der Waals surface area (Å²) in [6.07, 6.45) is -1.51. The maximum Gasteiger partial charge on any atom is 0.338 e. The minimum atomic E-state index is -0.874. The molecular weight excluding hydrogens is 512 g/mol. The van der Waals surface area contributed by atoms with E-state index >= 15 is 0 Å². The van der Waals surface area contributed by atoms with Crippen molar-refractivity contribution in [2.24, 2.45) is 0 Å². The highest BCUT2D eigenvalue weighted by molar-refractivity contribution is 5.91. The second kappa shape index (κ2) is 11.4. The Balaban J connectivity index is 1.79. The molecule has 11 heteroatoms. The van der Waals surface area contributed by atoms with Crippen molar-refractivity contribution >= 4 is 5.97 Å². The van der Waals surface area contributed by atoms with E-state index in [0.717, 1.165) is 0 Å². The van der Waals surface area contributed by atoms with Crippen LogP contribution in [0.1, 0.15) is 27.6 Å². The molecule has 1 heterocycles. The van der Waals surface area contributed by atoms with Crippen LogP contribution in [0.3, 0.4) is 0 Å². The molecule has 11 nitrogen and oxygen atoms in total. The number of hydrogen-bond donors (Lipinski definition) is 2. The molecule has 39 heavy (non-hydrogen) atoms. The van der Waals surface area contributed by atoms with Gasteiger partial charge in [-0.3, -0.25) is 0 Å². The number of rotatable bonds is 9. The summed E-state index contributed by atoms with van der Waals surface area (Å²) < 4.78 is 44.3. The Hall–Kier alpha value is -4.67. The largest absolute Gasteiger partial charge is 0.504 e. The topological polar surface area (TPSA) is 131 Å². The Bertz CT molecular complexity index is 1340. The Morgan fingerprint density at radius 2 is 1.41 bits per heavy atom. The summed E-state index contributed by atoms with van der Waals surface area (Å²) in [6.45, 7) is 0. The first-order chi connectivity index (χ1) is 18.8. The van der Waals surface area contributed by atoms with Gasteiger partial charge in [-0.1, -0.05) is 0 Å². The molecule has 0 fully saturated rings. The van der Waals surface area contributed by atoms with Crippen LogP contribution in [0.15, 0.2) is 36.4 Å². The number of methoxy groups -OCH3 is 6. The van der Waals surface area contributed by atoms with E-state index in [-0.39, 0.29) is 46.5 Å². The van der Waals surface area contributed by atoms with Crippen molar-refractivity contribution in [3.05, 3.63) is 53.1 Å². The Morgan fingerprint density at radius 1 is 0.769 bits per heavy atom. The molecule has 2 atom stereocenters. The molecule has 1 aliphatic rings.